The van der Waals surface area contributed by atoms with Crippen LogP contribution in [0.5, 0.6) is 0 Å². The maximum absolute atomic E-state index is 10.9. The van der Waals surface area contributed by atoms with E-state index in [9.17, 15) is 4.79 Å². The molecule has 0 aliphatic rings. The van der Waals surface area contributed by atoms with Gasteiger partial charge in [0.25, 0.3) is 0 Å². The van der Waals surface area contributed by atoms with Gasteiger partial charge in [-0.3, -0.25) is 0 Å². The molecule has 0 saturated carbocycles. The molecule has 0 radical (unpaired) electrons. The average molecular weight is 281 g/mol. The number of aromatic nitrogens is 2. The average Bonchev–Trinajstić information content (AvgIpc) is 2.82. The van der Waals surface area contributed by atoms with Gasteiger partial charge in [-0.15, -0.1) is 11.0 Å². The lowest BCUT2D eigenvalue weighted by atomic mass is 10.2. The molecule has 0 saturated heterocycles. The van der Waals surface area contributed by atoms with Crippen molar-refractivity contribution in [3.8, 4) is 17.5 Å². The second kappa shape index (κ2) is 5.97. The van der Waals surface area contributed by atoms with Crippen molar-refractivity contribution in [1.82, 2.24) is 9.78 Å². The predicted molar refractivity (Wildman–Crippen MR) is 81.5 cm³/mol. The van der Waals surface area contributed by atoms with Crippen molar-refractivity contribution in [1.29, 1.82) is 0 Å². The van der Waals surface area contributed by atoms with E-state index in [0.29, 0.717) is 5.82 Å². The molecule has 21 heavy (non-hydrogen) atoms. The Morgan fingerprint density at radius 3 is 2.57 bits per heavy atom. The third-order valence-corrected chi connectivity index (χ3v) is 2.68. The maximum atomic E-state index is 10.9. The fourth-order valence-electron chi connectivity index (χ4n) is 1.78. The van der Waals surface area contributed by atoms with E-state index in [1.165, 1.54) is 12.1 Å². The van der Waals surface area contributed by atoms with Crippen LogP contribution in [0.1, 0.15) is 29.8 Å². The van der Waals surface area contributed by atoms with Crippen molar-refractivity contribution in [2.45, 2.75) is 13.8 Å². The van der Waals surface area contributed by atoms with Crippen LogP contribution < -0.4 is 5.32 Å². The highest BCUT2D eigenvalue weighted by molar-refractivity contribution is 5.87. The Balaban J connectivity index is 2.41. The molecular formula is C16H15N3O2. The summed E-state index contributed by atoms with van der Waals surface area (Å²) >= 11 is 0. The maximum Gasteiger partial charge on any atom is 0.335 e. The molecule has 0 aliphatic carbocycles. The number of benzene rings is 1. The standard InChI is InChI=1S/C16H15N3O2/c1-4-5-13-10-19(18-15(13)17-11(2)3)14-8-6-12(7-9-14)16(20)21/h6-10H,2H2,1,3H3,(H,17,18)(H,20,21). The Morgan fingerprint density at radius 1 is 1.38 bits per heavy atom. The Bertz CT molecular complexity index is 746. The first kappa shape index (κ1) is 14.4. The first-order valence-electron chi connectivity index (χ1n) is 6.30. The second-order valence-electron chi connectivity index (χ2n) is 4.47. The lowest BCUT2D eigenvalue weighted by Gasteiger charge is -2.02. The number of aromatic carboxylic acids is 1. The van der Waals surface area contributed by atoms with Gasteiger partial charge in [-0.05, 0) is 38.1 Å². The van der Waals surface area contributed by atoms with Gasteiger partial charge < -0.3 is 10.4 Å². The van der Waals surface area contributed by atoms with E-state index in [4.69, 9.17) is 5.11 Å². The number of nitrogens with zero attached hydrogens (tertiary/aromatic N) is 2. The second-order valence-corrected chi connectivity index (χ2v) is 4.47. The predicted octanol–water partition coefficient (Wildman–Crippen LogP) is 2.89. The fourth-order valence-corrected chi connectivity index (χ4v) is 1.78. The van der Waals surface area contributed by atoms with Crippen LogP contribution in [0.2, 0.25) is 0 Å². The van der Waals surface area contributed by atoms with Crippen LogP contribution in [0.15, 0.2) is 42.7 Å². The summed E-state index contributed by atoms with van der Waals surface area (Å²) in [6, 6.07) is 6.47. The molecule has 5 heteroatoms. The molecule has 1 aromatic carbocycles. The van der Waals surface area contributed by atoms with Crippen molar-refractivity contribution in [3.05, 3.63) is 53.9 Å². The van der Waals surface area contributed by atoms with Crippen LogP contribution in [0.3, 0.4) is 0 Å². The zero-order valence-electron chi connectivity index (χ0n) is 11.8. The summed E-state index contributed by atoms with van der Waals surface area (Å²) in [5.41, 5.74) is 2.51. The minimum Gasteiger partial charge on any atom is -0.478 e. The first-order chi connectivity index (χ1) is 10.0. The molecule has 5 nitrogen and oxygen atoms in total. The number of nitrogens with one attached hydrogen (secondary N) is 1. The van der Waals surface area contributed by atoms with E-state index in [1.54, 1.807) is 29.9 Å². The lowest BCUT2D eigenvalue weighted by molar-refractivity contribution is 0.0697. The summed E-state index contributed by atoms with van der Waals surface area (Å²) < 4.78 is 1.65. The van der Waals surface area contributed by atoms with Crippen LogP contribution >= 0.6 is 0 Å². The SMILES string of the molecule is C=C(C)Nc1nn(-c2ccc(C(=O)O)cc2)cc1C#CC. The minimum absolute atomic E-state index is 0.236. The van der Waals surface area contributed by atoms with Crippen molar-refractivity contribution in [2.24, 2.45) is 0 Å². The number of rotatable bonds is 4. The Labute approximate surface area is 122 Å². The first-order valence-corrected chi connectivity index (χ1v) is 6.30. The van der Waals surface area contributed by atoms with Gasteiger partial charge in [0.1, 0.15) is 0 Å². The molecule has 2 N–H and O–H groups in total. The highest BCUT2D eigenvalue weighted by atomic mass is 16.4. The molecule has 2 aromatic rings. The van der Waals surface area contributed by atoms with Crippen molar-refractivity contribution >= 4 is 11.8 Å². The number of anilines is 1. The number of hydrogen-bond acceptors (Lipinski definition) is 3. The highest BCUT2D eigenvalue weighted by Crippen LogP contribution is 2.17. The van der Waals surface area contributed by atoms with Crippen molar-refractivity contribution in [3.63, 3.8) is 0 Å². The van der Waals surface area contributed by atoms with Crippen LogP contribution in [-0.4, -0.2) is 20.9 Å². The van der Waals surface area contributed by atoms with Gasteiger partial charge in [-0.1, -0.05) is 12.5 Å². The van der Waals surface area contributed by atoms with Crippen molar-refractivity contribution in [2.75, 3.05) is 5.32 Å². The third kappa shape index (κ3) is 3.31. The molecule has 0 unspecified atom stereocenters. The van der Waals surface area contributed by atoms with E-state index in [0.717, 1.165) is 16.9 Å². The van der Waals surface area contributed by atoms with E-state index < -0.39 is 5.97 Å². The van der Waals surface area contributed by atoms with Gasteiger partial charge in [0, 0.05) is 11.9 Å². The molecule has 0 fully saturated rings. The van der Waals surface area contributed by atoms with Crippen LogP contribution in [0.25, 0.3) is 5.69 Å². The van der Waals surface area contributed by atoms with E-state index in [2.05, 4.69) is 28.8 Å². The largest absolute Gasteiger partial charge is 0.478 e. The van der Waals surface area contributed by atoms with E-state index in [-0.39, 0.29) is 5.56 Å². The monoisotopic (exact) mass is 281 g/mol. The smallest absolute Gasteiger partial charge is 0.335 e. The summed E-state index contributed by atoms with van der Waals surface area (Å²) in [5.74, 6) is 5.48. The van der Waals surface area contributed by atoms with Crippen LogP contribution in [0, 0.1) is 11.8 Å². The Morgan fingerprint density at radius 2 is 2.05 bits per heavy atom. The zero-order chi connectivity index (χ0) is 15.4. The summed E-state index contributed by atoms with van der Waals surface area (Å²) in [5, 5.41) is 16.4. The number of hydrogen-bond donors (Lipinski definition) is 2. The molecule has 0 atom stereocenters. The van der Waals surface area contributed by atoms with Gasteiger partial charge in [-0.25, -0.2) is 9.48 Å². The fraction of sp³-hybridized carbons (Fsp3) is 0.125. The zero-order valence-corrected chi connectivity index (χ0v) is 11.8. The molecule has 0 bridgehead atoms. The molecule has 0 spiro atoms. The summed E-state index contributed by atoms with van der Waals surface area (Å²) in [4.78, 5) is 10.9. The Kier molecular flexibility index (Phi) is 4.10. The summed E-state index contributed by atoms with van der Waals surface area (Å²) in [6.45, 7) is 7.38. The van der Waals surface area contributed by atoms with Gasteiger partial charge >= 0.3 is 5.97 Å². The third-order valence-electron chi connectivity index (χ3n) is 2.68. The van der Waals surface area contributed by atoms with Gasteiger partial charge in [0.2, 0.25) is 0 Å². The molecule has 2 rings (SSSR count). The van der Waals surface area contributed by atoms with Crippen molar-refractivity contribution < 1.29 is 9.90 Å². The molecule has 0 amide bonds. The van der Waals surface area contributed by atoms with Gasteiger partial charge in [-0.2, -0.15) is 0 Å². The van der Waals surface area contributed by atoms with Gasteiger partial charge in [0.15, 0.2) is 5.82 Å². The minimum atomic E-state index is -0.954. The quantitative estimate of drug-likeness (QED) is 0.846. The van der Waals surface area contributed by atoms with Crippen LogP contribution in [-0.2, 0) is 0 Å². The summed E-state index contributed by atoms with van der Waals surface area (Å²) in [7, 11) is 0. The normalized spacial score (nSPS) is 9.62. The molecular weight excluding hydrogens is 266 g/mol. The summed E-state index contributed by atoms with van der Waals surface area (Å²) in [6.07, 6.45) is 1.79. The molecule has 1 aromatic heterocycles. The number of carbonyl (C=O) groups is 1. The molecule has 1 heterocycles. The van der Waals surface area contributed by atoms with E-state index in [1.807, 2.05) is 6.92 Å². The van der Waals surface area contributed by atoms with Crippen LogP contribution in [0.4, 0.5) is 5.82 Å². The molecule has 106 valence electrons. The number of allylic oxidation sites excluding steroid dienone is 1. The lowest BCUT2D eigenvalue weighted by Crippen LogP contribution is -2.00. The number of carboxylic acid groups (broad SMARTS) is 1. The van der Waals surface area contributed by atoms with Gasteiger partial charge in [0.05, 0.1) is 16.8 Å². The number of carboxylic acids is 1. The Hall–Kier alpha value is -3.00. The highest BCUT2D eigenvalue weighted by Gasteiger charge is 2.09. The topological polar surface area (TPSA) is 67.2 Å². The van der Waals surface area contributed by atoms with E-state index >= 15 is 0 Å². The molecule has 0 aliphatic heterocycles.